The maximum absolute atomic E-state index is 12.7. The van der Waals surface area contributed by atoms with Gasteiger partial charge in [-0.2, -0.15) is 0 Å². The highest BCUT2D eigenvalue weighted by atomic mass is 16.6. The van der Waals surface area contributed by atoms with E-state index in [1.165, 1.54) is 0 Å². The van der Waals surface area contributed by atoms with Gasteiger partial charge in [-0.05, 0) is 35.7 Å². The summed E-state index contributed by atoms with van der Waals surface area (Å²) in [7, 11) is 0. The Bertz CT molecular complexity index is 1120. The Balaban J connectivity index is 1.35. The molecule has 0 unspecified atom stereocenters. The summed E-state index contributed by atoms with van der Waals surface area (Å²) in [6.45, 7) is 1.67. The minimum absolute atomic E-state index is 0.00726. The van der Waals surface area contributed by atoms with Gasteiger partial charge in [0.25, 0.3) is 5.91 Å². The second kappa shape index (κ2) is 11.1. The monoisotopic (exact) mass is 475 g/mol. The Morgan fingerprint density at radius 2 is 1.49 bits per heavy atom. The zero-order valence-corrected chi connectivity index (χ0v) is 19.4. The van der Waals surface area contributed by atoms with E-state index < -0.39 is 30.4 Å². The Hall–Kier alpha value is -3.72. The minimum atomic E-state index is -1.22. The van der Waals surface area contributed by atoms with Gasteiger partial charge in [0.05, 0.1) is 12.1 Å². The summed E-state index contributed by atoms with van der Waals surface area (Å²) in [6, 6.07) is 24.7. The fraction of sp³-hybridized carbons (Fsp3) is 0.259. The number of benzene rings is 3. The number of aliphatic hydroxyl groups excluding tert-OH is 2. The van der Waals surface area contributed by atoms with Crippen LogP contribution < -0.4 is 10.7 Å². The summed E-state index contributed by atoms with van der Waals surface area (Å²) >= 11 is 0. The quantitative estimate of drug-likeness (QED) is 0.436. The highest BCUT2D eigenvalue weighted by molar-refractivity contribution is 5.94. The number of amides is 2. The lowest BCUT2D eigenvalue weighted by Gasteiger charge is -2.43. The number of rotatable bonds is 6. The lowest BCUT2D eigenvalue weighted by molar-refractivity contribution is -0.106. The Labute approximate surface area is 204 Å². The molecule has 4 rings (SSSR count). The van der Waals surface area contributed by atoms with E-state index in [0.29, 0.717) is 5.56 Å². The van der Waals surface area contributed by atoms with E-state index in [4.69, 9.17) is 4.74 Å². The number of hydrogen-bond acceptors (Lipinski definition) is 6. The van der Waals surface area contributed by atoms with Crippen molar-refractivity contribution < 1.29 is 24.5 Å². The van der Waals surface area contributed by atoms with Crippen LogP contribution in [-0.2, 0) is 11.3 Å². The van der Waals surface area contributed by atoms with E-state index in [2.05, 4.69) is 10.7 Å². The molecular weight excluding hydrogens is 446 g/mol. The van der Waals surface area contributed by atoms with Crippen molar-refractivity contribution in [1.29, 1.82) is 0 Å². The molecule has 3 aromatic carbocycles. The molecule has 1 aliphatic heterocycles. The molecule has 2 amide bonds. The average molecular weight is 476 g/mol. The third-order valence-corrected chi connectivity index (χ3v) is 6.11. The molecule has 4 N–H and O–H groups in total. The number of hydrogen-bond donors (Lipinski definition) is 4. The van der Waals surface area contributed by atoms with Crippen LogP contribution in [0, 0.1) is 0 Å². The maximum atomic E-state index is 12.7. The fourth-order valence-corrected chi connectivity index (χ4v) is 3.97. The molecule has 1 heterocycles. The van der Waals surface area contributed by atoms with Gasteiger partial charge in [0.1, 0.15) is 18.8 Å². The molecule has 182 valence electrons. The third-order valence-electron chi connectivity index (χ3n) is 6.11. The van der Waals surface area contributed by atoms with Crippen molar-refractivity contribution in [2.75, 3.05) is 6.54 Å². The van der Waals surface area contributed by atoms with Crippen molar-refractivity contribution in [3.05, 3.63) is 96.1 Å². The van der Waals surface area contributed by atoms with Crippen molar-refractivity contribution >= 4 is 12.0 Å². The standard InChI is InChI=1S/C27H29N3O5/c1-18-24(31)25(32)23(29-30(18)27(34)35-17-19-8-4-2-5-9-19)16-28-26(33)22-14-12-21(13-15-22)20-10-6-3-7-11-20/h2-15,18,23-25,29,31-32H,16-17H2,1H3,(H,28,33)/t18-,23+,24-,25+/m1/s1. The molecule has 1 saturated heterocycles. The summed E-state index contributed by atoms with van der Waals surface area (Å²) in [6.07, 6.45) is -3.09. The van der Waals surface area contributed by atoms with Crippen LogP contribution in [0.25, 0.3) is 11.1 Å². The molecule has 35 heavy (non-hydrogen) atoms. The summed E-state index contributed by atoms with van der Waals surface area (Å²) in [5, 5.41) is 24.9. The topological polar surface area (TPSA) is 111 Å². The van der Waals surface area contributed by atoms with Gasteiger partial charge in [-0.25, -0.2) is 15.2 Å². The van der Waals surface area contributed by atoms with Crippen LogP contribution in [-0.4, -0.2) is 58.1 Å². The van der Waals surface area contributed by atoms with E-state index in [1.807, 2.05) is 72.8 Å². The van der Waals surface area contributed by atoms with E-state index in [9.17, 15) is 19.8 Å². The molecule has 0 saturated carbocycles. The number of nitrogens with zero attached hydrogens (tertiary/aromatic N) is 1. The van der Waals surface area contributed by atoms with Crippen molar-refractivity contribution in [2.45, 2.75) is 37.8 Å². The van der Waals surface area contributed by atoms with Crippen molar-refractivity contribution in [3.8, 4) is 11.1 Å². The zero-order valence-electron chi connectivity index (χ0n) is 19.4. The van der Waals surface area contributed by atoms with Crippen LogP contribution in [0.4, 0.5) is 4.79 Å². The molecule has 3 aromatic rings. The van der Waals surface area contributed by atoms with Gasteiger partial charge in [0.2, 0.25) is 0 Å². The van der Waals surface area contributed by atoms with Crippen LogP contribution in [0.15, 0.2) is 84.9 Å². The Morgan fingerprint density at radius 1 is 0.886 bits per heavy atom. The number of hydrazine groups is 1. The molecular formula is C27H29N3O5. The van der Waals surface area contributed by atoms with Crippen LogP contribution in [0.2, 0.25) is 0 Å². The van der Waals surface area contributed by atoms with E-state index in [-0.39, 0.29) is 19.1 Å². The van der Waals surface area contributed by atoms with Crippen molar-refractivity contribution in [1.82, 2.24) is 15.8 Å². The first kappa shape index (κ1) is 24.4. The maximum Gasteiger partial charge on any atom is 0.424 e. The molecule has 0 spiro atoms. The molecule has 1 fully saturated rings. The Kier molecular flexibility index (Phi) is 7.77. The first-order chi connectivity index (χ1) is 16.9. The summed E-state index contributed by atoms with van der Waals surface area (Å²) in [5.74, 6) is -0.329. The number of nitrogens with one attached hydrogen (secondary N) is 2. The van der Waals surface area contributed by atoms with Crippen LogP contribution >= 0.6 is 0 Å². The van der Waals surface area contributed by atoms with Crippen LogP contribution in [0.3, 0.4) is 0 Å². The summed E-state index contributed by atoms with van der Waals surface area (Å²) in [4.78, 5) is 25.3. The lowest BCUT2D eigenvalue weighted by atomic mass is 9.97. The van der Waals surface area contributed by atoms with Gasteiger partial charge in [-0.15, -0.1) is 0 Å². The third kappa shape index (κ3) is 5.86. The smallest absolute Gasteiger partial charge is 0.424 e. The lowest BCUT2D eigenvalue weighted by Crippen LogP contribution is -2.70. The molecule has 8 heteroatoms. The molecule has 8 nitrogen and oxygen atoms in total. The predicted molar refractivity (Wildman–Crippen MR) is 131 cm³/mol. The zero-order chi connectivity index (χ0) is 24.8. The molecule has 4 atom stereocenters. The largest absolute Gasteiger partial charge is 0.444 e. The SMILES string of the molecule is C[C@@H]1[C@@H](O)[C@@H](O)[C@H](CNC(=O)c2ccc(-c3ccccc3)cc2)NN1C(=O)OCc1ccccc1. The van der Waals surface area contributed by atoms with Gasteiger partial charge in [-0.1, -0.05) is 72.8 Å². The van der Waals surface area contributed by atoms with Crippen molar-refractivity contribution in [2.24, 2.45) is 0 Å². The van der Waals surface area contributed by atoms with E-state index in [0.717, 1.165) is 21.7 Å². The number of carbonyl (C=O) groups excluding carboxylic acids is 2. The van der Waals surface area contributed by atoms with E-state index >= 15 is 0 Å². The van der Waals surface area contributed by atoms with Gasteiger partial charge in [0.15, 0.2) is 0 Å². The molecule has 0 aliphatic carbocycles. The summed E-state index contributed by atoms with van der Waals surface area (Å²) < 4.78 is 5.36. The second-order valence-corrected chi connectivity index (χ2v) is 8.52. The van der Waals surface area contributed by atoms with Crippen LogP contribution in [0.5, 0.6) is 0 Å². The van der Waals surface area contributed by atoms with Gasteiger partial charge in [0, 0.05) is 12.1 Å². The highest BCUT2D eigenvalue weighted by Gasteiger charge is 2.42. The van der Waals surface area contributed by atoms with Crippen molar-refractivity contribution in [3.63, 3.8) is 0 Å². The normalized spacial score (nSPS) is 21.9. The van der Waals surface area contributed by atoms with Gasteiger partial charge in [-0.3, -0.25) is 4.79 Å². The summed E-state index contributed by atoms with van der Waals surface area (Å²) in [5.41, 5.74) is 6.23. The molecule has 0 radical (unpaired) electrons. The first-order valence-electron chi connectivity index (χ1n) is 11.5. The molecule has 1 aliphatic rings. The molecule has 0 aromatic heterocycles. The van der Waals surface area contributed by atoms with Gasteiger partial charge < -0.3 is 20.3 Å². The number of carbonyl (C=O) groups is 2. The van der Waals surface area contributed by atoms with Crippen LogP contribution in [0.1, 0.15) is 22.8 Å². The number of ether oxygens (including phenoxy) is 1. The van der Waals surface area contributed by atoms with E-state index in [1.54, 1.807) is 19.1 Å². The fourth-order valence-electron chi connectivity index (χ4n) is 3.97. The minimum Gasteiger partial charge on any atom is -0.444 e. The molecule has 0 bridgehead atoms. The second-order valence-electron chi connectivity index (χ2n) is 8.52. The van der Waals surface area contributed by atoms with Gasteiger partial charge >= 0.3 is 6.09 Å². The first-order valence-corrected chi connectivity index (χ1v) is 11.5. The predicted octanol–water partition coefficient (Wildman–Crippen LogP) is 2.72. The Morgan fingerprint density at radius 3 is 2.14 bits per heavy atom. The number of aliphatic hydroxyl groups is 2. The average Bonchev–Trinajstić information content (AvgIpc) is 2.91. The highest BCUT2D eigenvalue weighted by Crippen LogP contribution is 2.20.